The van der Waals surface area contributed by atoms with Crippen molar-refractivity contribution in [2.75, 3.05) is 72.8 Å². The van der Waals surface area contributed by atoms with Crippen LogP contribution in [0.4, 0.5) is 38.9 Å². The number of likely N-dealkylation sites (N-methyl/N-ethyl adjacent to an activating group) is 1. The van der Waals surface area contributed by atoms with Crippen LogP contribution in [-0.4, -0.2) is 86.8 Å². The van der Waals surface area contributed by atoms with Gasteiger partial charge >= 0.3 is 0 Å². The van der Waals surface area contributed by atoms with Crippen molar-refractivity contribution < 1.29 is 12.8 Å². The van der Waals surface area contributed by atoms with E-state index in [9.17, 15) is 8.42 Å². The number of nitrogens with zero attached hydrogens (tertiary/aromatic N) is 5. The number of rotatable bonds is 8. The van der Waals surface area contributed by atoms with Crippen LogP contribution in [0, 0.1) is 5.82 Å². The lowest BCUT2D eigenvalue weighted by Crippen LogP contribution is -2.52. The number of hydrogen-bond acceptors (Lipinski definition) is 9. The highest BCUT2D eigenvalue weighted by molar-refractivity contribution is 9.10. The molecule has 3 aromatic rings. The molecule has 3 N–H and O–H groups in total. The minimum atomic E-state index is -3.52. The molecule has 2 aliphatic rings. The Balaban J connectivity index is 1.25. The largest absolute Gasteiger partial charge is 0.369 e. The lowest BCUT2D eigenvalue weighted by Gasteiger charge is -2.42. The van der Waals surface area contributed by atoms with Gasteiger partial charge in [-0.25, -0.2) is 17.8 Å². The van der Waals surface area contributed by atoms with Crippen molar-refractivity contribution in [3.05, 3.63) is 57.9 Å². The third kappa shape index (κ3) is 7.77. The van der Waals surface area contributed by atoms with Crippen molar-refractivity contribution in [1.82, 2.24) is 19.8 Å². The van der Waals surface area contributed by atoms with Crippen LogP contribution in [0.3, 0.4) is 0 Å². The summed E-state index contributed by atoms with van der Waals surface area (Å²) in [6.45, 7) is 6.05. The van der Waals surface area contributed by atoms with Crippen molar-refractivity contribution in [3.63, 3.8) is 0 Å². The Morgan fingerprint density at radius 2 is 1.73 bits per heavy atom. The number of halogens is 3. The minimum Gasteiger partial charge on any atom is -0.369 e. The molecule has 0 spiro atoms. The fraction of sp³-hybridized carbons (Fsp3) is 0.407. The first-order valence-electron chi connectivity index (χ1n) is 13.3. The number of anilines is 6. The van der Waals surface area contributed by atoms with E-state index in [1.54, 1.807) is 30.5 Å². The zero-order valence-corrected chi connectivity index (χ0v) is 26.0. The average molecular weight is 668 g/mol. The molecule has 2 aliphatic heterocycles. The molecule has 41 heavy (non-hydrogen) atoms. The van der Waals surface area contributed by atoms with Crippen LogP contribution >= 0.6 is 27.5 Å². The summed E-state index contributed by atoms with van der Waals surface area (Å²) in [5.41, 5.74) is 1.81. The van der Waals surface area contributed by atoms with E-state index in [2.05, 4.69) is 63.0 Å². The third-order valence-corrected chi connectivity index (χ3v) is 8.74. The molecule has 5 rings (SSSR count). The molecule has 220 valence electrons. The number of piperidine rings is 1. The number of hydrogen-bond donors (Lipinski definition) is 3. The highest BCUT2D eigenvalue weighted by atomic mass is 79.9. The van der Waals surface area contributed by atoms with Gasteiger partial charge in [-0.1, -0.05) is 11.6 Å². The second kappa shape index (κ2) is 12.7. The van der Waals surface area contributed by atoms with E-state index in [1.165, 1.54) is 6.07 Å². The van der Waals surface area contributed by atoms with E-state index < -0.39 is 10.0 Å². The summed E-state index contributed by atoms with van der Waals surface area (Å²) in [7, 11) is -1.36. The van der Waals surface area contributed by atoms with Crippen LogP contribution in [-0.2, 0) is 10.0 Å². The topological polar surface area (TPSA) is 106 Å². The molecular weight excluding hydrogens is 635 g/mol. The Hall–Kier alpha value is -2.71. The molecule has 2 saturated heterocycles. The summed E-state index contributed by atoms with van der Waals surface area (Å²) >= 11 is 9.56. The highest BCUT2D eigenvalue weighted by Gasteiger charge is 2.27. The number of aromatic nitrogens is 2. The Kier molecular flexibility index (Phi) is 9.19. The molecule has 10 nitrogen and oxygen atoms in total. The smallest absolute Gasteiger partial charge is 0.229 e. The van der Waals surface area contributed by atoms with Crippen molar-refractivity contribution in [3.8, 4) is 0 Å². The molecule has 2 aromatic carbocycles. The molecule has 0 saturated carbocycles. The summed E-state index contributed by atoms with van der Waals surface area (Å²) in [5.74, 6) is 0.288. The maximum atomic E-state index is 15.3. The van der Waals surface area contributed by atoms with E-state index in [0.717, 1.165) is 58.4 Å². The molecule has 0 aliphatic carbocycles. The molecule has 0 unspecified atom stereocenters. The van der Waals surface area contributed by atoms with Gasteiger partial charge in [-0.2, -0.15) is 4.98 Å². The van der Waals surface area contributed by atoms with E-state index >= 15 is 4.39 Å². The summed E-state index contributed by atoms with van der Waals surface area (Å²) in [6, 6.07) is 10.3. The van der Waals surface area contributed by atoms with Crippen molar-refractivity contribution >= 4 is 72.1 Å². The second-order valence-corrected chi connectivity index (χ2v) is 13.5. The first-order valence-corrected chi connectivity index (χ1v) is 16.4. The predicted molar refractivity (Wildman–Crippen MR) is 167 cm³/mol. The van der Waals surface area contributed by atoms with Gasteiger partial charge in [0.25, 0.3) is 0 Å². The fourth-order valence-electron chi connectivity index (χ4n) is 5.18. The monoisotopic (exact) mass is 666 g/mol. The van der Waals surface area contributed by atoms with Crippen molar-refractivity contribution in [1.29, 1.82) is 0 Å². The lowest BCUT2D eigenvalue weighted by atomic mass is 10.0. The molecule has 2 fully saturated rings. The third-order valence-electron chi connectivity index (χ3n) is 7.34. The summed E-state index contributed by atoms with van der Waals surface area (Å²) in [5, 5.41) is 6.55. The van der Waals surface area contributed by atoms with Gasteiger partial charge in [0.2, 0.25) is 16.0 Å². The van der Waals surface area contributed by atoms with E-state index in [-0.39, 0.29) is 11.8 Å². The van der Waals surface area contributed by atoms with Crippen molar-refractivity contribution in [2.45, 2.75) is 18.9 Å². The van der Waals surface area contributed by atoms with Gasteiger partial charge < -0.3 is 20.4 Å². The van der Waals surface area contributed by atoms with E-state index in [4.69, 9.17) is 11.6 Å². The Morgan fingerprint density at radius 3 is 2.41 bits per heavy atom. The van der Waals surface area contributed by atoms with Crippen molar-refractivity contribution in [2.24, 2.45) is 0 Å². The van der Waals surface area contributed by atoms with Crippen LogP contribution in [0.5, 0.6) is 0 Å². The predicted octanol–water partition coefficient (Wildman–Crippen LogP) is 5.11. The minimum absolute atomic E-state index is 0.232. The van der Waals surface area contributed by atoms with Crippen LogP contribution in [0.2, 0.25) is 5.02 Å². The number of piperazine rings is 1. The molecule has 3 heterocycles. The fourth-order valence-corrected chi connectivity index (χ4v) is 6.22. The van der Waals surface area contributed by atoms with Gasteiger partial charge in [-0.05, 0) is 72.2 Å². The standard InChI is InChI=1S/C27H33BrClFN8O2S/c1-36-11-13-37(14-12-36)20-7-9-38(10-8-20)25-6-4-19(16-22(25)30)32-27-31-17-21(28)26(34-27)33-24-15-18(29)3-5-23(24)35-41(2,39)40/h3-6,15-17,20,35H,7-14H2,1-2H3,(H2,31,32,33,34). The molecule has 0 bridgehead atoms. The number of sulfonamides is 1. The van der Waals surface area contributed by atoms with Gasteiger partial charge in [0.1, 0.15) is 11.6 Å². The molecule has 0 amide bonds. The average Bonchev–Trinajstić information content (AvgIpc) is 2.92. The second-order valence-electron chi connectivity index (χ2n) is 10.4. The summed E-state index contributed by atoms with van der Waals surface area (Å²) in [4.78, 5) is 15.8. The zero-order valence-electron chi connectivity index (χ0n) is 22.9. The van der Waals surface area contributed by atoms with Gasteiger partial charge in [-0.3, -0.25) is 9.62 Å². The first-order chi connectivity index (χ1) is 19.5. The van der Waals surface area contributed by atoms with E-state index in [0.29, 0.717) is 44.1 Å². The van der Waals surface area contributed by atoms with Gasteiger partial charge in [0.15, 0.2) is 0 Å². The summed E-state index contributed by atoms with van der Waals surface area (Å²) < 4.78 is 41.9. The normalized spacial score (nSPS) is 17.4. The molecular formula is C27H33BrClFN8O2S. The van der Waals surface area contributed by atoms with Gasteiger partial charge in [0.05, 0.1) is 27.8 Å². The molecule has 0 atom stereocenters. The zero-order chi connectivity index (χ0) is 29.1. The van der Waals surface area contributed by atoms with Gasteiger partial charge in [-0.15, -0.1) is 0 Å². The Bertz CT molecular complexity index is 1500. The molecule has 14 heteroatoms. The summed E-state index contributed by atoms with van der Waals surface area (Å²) in [6.07, 6.45) is 4.66. The Morgan fingerprint density at radius 1 is 1.00 bits per heavy atom. The number of nitrogens with one attached hydrogen (secondary N) is 3. The maximum absolute atomic E-state index is 15.3. The SMILES string of the molecule is CN1CCN(C2CCN(c3ccc(Nc4ncc(Br)c(Nc5cc(Cl)ccc5NS(C)(=O)=O)n4)cc3F)CC2)CC1. The van der Waals surface area contributed by atoms with Crippen LogP contribution in [0.1, 0.15) is 12.8 Å². The van der Waals surface area contributed by atoms with Gasteiger partial charge in [0, 0.05) is 62.2 Å². The van der Waals surface area contributed by atoms with E-state index in [1.807, 2.05) is 6.07 Å². The maximum Gasteiger partial charge on any atom is 0.229 e. The number of benzene rings is 2. The highest BCUT2D eigenvalue weighted by Crippen LogP contribution is 2.33. The first kappa shape index (κ1) is 29.8. The Labute approximate surface area is 253 Å². The van der Waals surface area contributed by atoms with Crippen LogP contribution in [0.15, 0.2) is 47.1 Å². The lowest BCUT2D eigenvalue weighted by molar-refractivity contribution is 0.0981. The quantitative estimate of drug-likeness (QED) is 0.303. The molecule has 0 radical (unpaired) electrons. The van der Waals surface area contributed by atoms with Crippen LogP contribution in [0.25, 0.3) is 0 Å². The molecule has 1 aromatic heterocycles. The van der Waals surface area contributed by atoms with Crippen LogP contribution < -0.4 is 20.3 Å².